The van der Waals surface area contributed by atoms with Crippen molar-refractivity contribution in [1.29, 1.82) is 0 Å². The molecule has 4 aliphatic carbocycles. The van der Waals surface area contributed by atoms with Gasteiger partial charge in [0.1, 0.15) is 0 Å². The molecular formula is C34H56O6. The predicted molar refractivity (Wildman–Crippen MR) is 153 cm³/mol. The van der Waals surface area contributed by atoms with Crippen LogP contribution in [0.2, 0.25) is 0 Å². The van der Waals surface area contributed by atoms with Crippen LogP contribution in [-0.4, -0.2) is 42.7 Å². The largest absolute Gasteiger partial charge is 0.481 e. The first-order valence-electron chi connectivity index (χ1n) is 17.0. The summed E-state index contributed by atoms with van der Waals surface area (Å²) in [5.41, 5.74) is 0.720. The summed E-state index contributed by atoms with van der Waals surface area (Å²) in [4.78, 5) is 11.3. The normalized spacial score (nSPS) is 48.0. The van der Waals surface area contributed by atoms with Crippen molar-refractivity contribution in [2.24, 2.45) is 46.3 Å². The molecule has 1 N–H and O–H groups in total. The van der Waals surface area contributed by atoms with Gasteiger partial charge in [0.25, 0.3) is 0 Å². The van der Waals surface area contributed by atoms with Crippen molar-refractivity contribution >= 4 is 5.97 Å². The molecule has 0 aromatic rings. The van der Waals surface area contributed by atoms with Crippen LogP contribution >= 0.6 is 0 Å². The lowest BCUT2D eigenvalue weighted by atomic mass is 9.44. The summed E-state index contributed by atoms with van der Waals surface area (Å²) in [7, 11) is 0. The van der Waals surface area contributed by atoms with Crippen molar-refractivity contribution in [2.45, 2.75) is 148 Å². The Hall–Kier alpha value is -0.690. The lowest BCUT2D eigenvalue weighted by Crippen LogP contribution is -2.58. The van der Waals surface area contributed by atoms with E-state index in [1.54, 1.807) is 0 Å². The SMILES string of the molecule is C[C@H](CCC(=O)O)[C@H]1CC[C@H]2[C@@H]3CC[C@@H]4CC(OC5CCCCO5)(OC5CCCCO5)CC[C@]4(C)[C@H]3CC[C@]12C. The number of carboxylic acid groups (broad SMARTS) is 1. The van der Waals surface area contributed by atoms with E-state index in [0.29, 0.717) is 35.0 Å². The number of hydrogen-bond acceptors (Lipinski definition) is 5. The zero-order valence-corrected chi connectivity index (χ0v) is 25.5. The van der Waals surface area contributed by atoms with Crippen molar-refractivity contribution < 1.29 is 28.8 Å². The van der Waals surface area contributed by atoms with Crippen LogP contribution in [0.5, 0.6) is 0 Å². The molecule has 228 valence electrons. The van der Waals surface area contributed by atoms with Gasteiger partial charge in [-0.15, -0.1) is 0 Å². The lowest BCUT2D eigenvalue weighted by molar-refractivity contribution is -0.381. The van der Waals surface area contributed by atoms with E-state index in [1.807, 2.05) is 0 Å². The molecule has 0 spiro atoms. The van der Waals surface area contributed by atoms with E-state index in [2.05, 4.69) is 20.8 Å². The Balaban J connectivity index is 1.17. The Morgan fingerprint density at radius 3 is 2.12 bits per heavy atom. The van der Waals surface area contributed by atoms with Crippen LogP contribution in [0.4, 0.5) is 0 Å². The molecule has 0 aromatic carbocycles. The molecule has 0 radical (unpaired) electrons. The molecule has 4 saturated carbocycles. The van der Waals surface area contributed by atoms with Crippen molar-refractivity contribution in [3.63, 3.8) is 0 Å². The fraction of sp³-hybridized carbons (Fsp3) is 0.971. The summed E-state index contributed by atoms with van der Waals surface area (Å²) >= 11 is 0. The molecule has 40 heavy (non-hydrogen) atoms. The zero-order valence-electron chi connectivity index (χ0n) is 25.5. The molecule has 2 heterocycles. The molecule has 6 aliphatic rings. The van der Waals surface area contributed by atoms with Gasteiger partial charge in [-0.2, -0.15) is 0 Å². The quantitative estimate of drug-likeness (QED) is 0.240. The zero-order chi connectivity index (χ0) is 28.0. The summed E-state index contributed by atoms with van der Waals surface area (Å²) in [5, 5.41) is 9.28. The van der Waals surface area contributed by atoms with Gasteiger partial charge < -0.3 is 24.1 Å². The number of fused-ring (bicyclic) bond motifs is 5. The van der Waals surface area contributed by atoms with Crippen molar-refractivity contribution in [1.82, 2.24) is 0 Å². The van der Waals surface area contributed by atoms with Crippen LogP contribution in [0.3, 0.4) is 0 Å². The Kier molecular flexibility index (Phi) is 8.65. The fourth-order valence-electron chi connectivity index (χ4n) is 11.1. The second-order valence-electron chi connectivity index (χ2n) is 15.2. The van der Waals surface area contributed by atoms with Crippen LogP contribution in [0, 0.1) is 46.3 Å². The minimum absolute atomic E-state index is 0.146. The predicted octanol–water partition coefficient (Wildman–Crippen LogP) is 7.93. The van der Waals surface area contributed by atoms with Crippen LogP contribution < -0.4 is 0 Å². The van der Waals surface area contributed by atoms with E-state index < -0.39 is 11.8 Å². The summed E-state index contributed by atoms with van der Waals surface area (Å²) < 4.78 is 25.9. The number of carbonyl (C=O) groups is 1. The molecule has 0 bridgehead atoms. The molecule has 0 amide bonds. The highest BCUT2D eigenvalue weighted by Gasteiger charge is 2.62. The molecule has 6 fully saturated rings. The first-order chi connectivity index (χ1) is 19.2. The lowest BCUT2D eigenvalue weighted by Gasteiger charge is -2.62. The van der Waals surface area contributed by atoms with Gasteiger partial charge in [-0.25, -0.2) is 0 Å². The van der Waals surface area contributed by atoms with E-state index >= 15 is 0 Å². The number of aliphatic carboxylic acids is 1. The van der Waals surface area contributed by atoms with Gasteiger partial charge in [0.15, 0.2) is 18.4 Å². The van der Waals surface area contributed by atoms with E-state index in [0.717, 1.165) is 75.9 Å². The van der Waals surface area contributed by atoms with E-state index in [-0.39, 0.29) is 12.6 Å². The van der Waals surface area contributed by atoms with Crippen LogP contribution in [0.25, 0.3) is 0 Å². The highest BCUT2D eigenvalue weighted by Crippen LogP contribution is 2.69. The van der Waals surface area contributed by atoms with Crippen LogP contribution in [-0.2, 0) is 23.7 Å². The monoisotopic (exact) mass is 560 g/mol. The van der Waals surface area contributed by atoms with Gasteiger partial charge in [-0.1, -0.05) is 20.8 Å². The van der Waals surface area contributed by atoms with Crippen molar-refractivity contribution in [2.75, 3.05) is 13.2 Å². The smallest absolute Gasteiger partial charge is 0.303 e. The minimum atomic E-state index is -0.645. The van der Waals surface area contributed by atoms with Gasteiger partial charge in [0, 0.05) is 32.5 Å². The molecule has 2 saturated heterocycles. The molecule has 6 heteroatoms. The Morgan fingerprint density at radius 1 is 0.825 bits per heavy atom. The third-order valence-corrected chi connectivity index (χ3v) is 13.2. The second-order valence-corrected chi connectivity index (χ2v) is 15.2. The molecule has 2 aliphatic heterocycles. The average molecular weight is 561 g/mol. The number of hydrogen-bond donors (Lipinski definition) is 1. The standard InChI is InChI=1S/C34H56O6/c1-23(10-15-29(35)36)26-13-14-27-25-12-11-24-22-34(39-30-8-4-6-20-37-30,40-31-9-5-7-21-38-31)19-18-32(24,2)28(25)16-17-33(26,27)3/h23-28,30-31H,4-22H2,1-3H3,(H,35,36)/t23-,24-,25+,26-,27+,28+,30?,31?,32+,33-,34?/m1/s1. The highest BCUT2D eigenvalue weighted by atomic mass is 16.8. The topological polar surface area (TPSA) is 74.2 Å². The van der Waals surface area contributed by atoms with Crippen molar-refractivity contribution in [3.05, 3.63) is 0 Å². The Labute approximate surface area is 242 Å². The van der Waals surface area contributed by atoms with Gasteiger partial charge in [-0.05, 0) is 136 Å². The molecule has 6 nitrogen and oxygen atoms in total. The first kappa shape index (κ1) is 29.4. The highest BCUT2D eigenvalue weighted by molar-refractivity contribution is 5.66. The maximum atomic E-state index is 11.3. The van der Waals surface area contributed by atoms with E-state index in [9.17, 15) is 9.90 Å². The van der Waals surface area contributed by atoms with Gasteiger partial charge in [-0.3, -0.25) is 4.79 Å². The van der Waals surface area contributed by atoms with Crippen LogP contribution in [0.1, 0.15) is 130 Å². The Bertz CT molecular complexity index is 860. The van der Waals surface area contributed by atoms with Gasteiger partial charge in [0.05, 0.1) is 0 Å². The summed E-state index contributed by atoms with van der Waals surface area (Å²) in [6, 6.07) is 0. The second kappa shape index (κ2) is 11.8. The fourth-order valence-corrected chi connectivity index (χ4v) is 11.1. The molecular weight excluding hydrogens is 504 g/mol. The summed E-state index contributed by atoms with van der Waals surface area (Å²) in [6.07, 6.45) is 18.3. The average Bonchev–Trinajstić information content (AvgIpc) is 3.30. The molecule has 2 unspecified atom stereocenters. The third kappa shape index (κ3) is 5.53. The number of carboxylic acids is 1. The van der Waals surface area contributed by atoms with Crippen LogP contribution in [0.15, 0.2) is 0 Å². The maximum Gasteiger partial charge on any atom is 0.303 e. The molecule has 6 rings (SSSR count). The summed E-state index contributed by atoms with van der Waals surface area (Å²) in [6.45, 7) is 9.12. The first-order valence-corrected chi connectivity index (χ1v) is 17.0. The summed E-state index contributed by atoms with van der Waals surface area (Å²) in [5.74, 6) is 2.97. The van der Waals surface area contributed by atoms with Gasteiger partial charge in [0.2, 0.25) is 0 Å². The van der Waals surface area contributed by atoms with Crippen molar-refractivity contribution in [3.8, 4) is 0 Å². The Morgan fingerprint density at radius 2 is 1.50 bits per heavy atom. The number of ether oxygens (including phenoxy) is 4. The minimum Gasteiger partial charge on any atom is -0.481 e. The maximum absolute atomic E-state index is 11.3. The van der Waals surface area contributed by atoms with E-state index in [1.165, 1.54) is 57.8 Å². The molecule has 10 atom stereocenters. The van der Waals surface area contributed by atoms with E-state index in [4.69, 9.17) is 18.9 Å². The third-order valence-electron chi connectivity index (χ3n) is 13.2. The van der Waals surface area contributed by atoms with Gasteiger partial charge >= 0.3 is 5.97 Å². The molecule has 0 aromatic heterocycles. The number of rotatable bonds is 8.